The van der Waals surface area contributed by atoms with Crippen LogP contribution in [0.15, 0.2) is 30.6 Å². The number of aryl methyl sites for hydroxylation is 1. The summed E-state index contributed by atoms with van der Waals surface area (Å²) < 4.78 is 1.70. The minimum Gasteiger partial charge on any atom is -0.508 e. The highest BCUT2D eigenvalue weighted by atomic mass is 16.3. The van der Waals surface area contributed by atoms with Gasteiger partial charge in [0.25, 0.3) is 0 Å². The Kier molecular flexibility index (Phi) is 2.91. The van der Waals surface area contributed by atoms with E-state index >= 15 is 0 Å². The minimum absolute atomic E-state index is 0.0554. The highest BCUT2D eigenvalue weighted by Crippen LogP contribution is 2.29. The maximum Gasteiger partial charge on any atom is 0.124 e. The fourth-order valence-electron chi connectivity index (χ4n) is 1.72. The van der Waals surface area contributed by atoms with E-state index in [1.165, 1.54) is 6.07 Å². The molecule has 0 aliphatic rings. The highest BCUT2D eigenvalue weighted by Gasteiger charge is 2.11. The molecular formula is C12H15N3O2. The van der Waals surface area contributed by atoms with E-state index in [1.807, 2.05) is 20.2 Å². The zero-order valence-electron chi connectivity index (χ0n) is 9.75. The van der Waals surface area contributed by atoms with E-state index in [9.17, 15) is 10.2 Å². The van der Waals surface area contributed by atoms with Crippen molar-refractivity contribution in [2.75, 3.05) is 5.32 Å². The monoisotopic (exact) mass is 233 g/mol. The molecule has 1 atom stereocenters. The van der Waals surface area contributed by atoms with Gasteiger partial charge in [-0.25, -0.2) is 0 Å². The molecule has 5 heteroatoms. The number of aromatic nitrogens is 2. The van der Waals surface area contributed by atoms with Gasteiger partial charge in [0.15, 0.2) is 0 Å². The Morgan fingerprint density at radius 3 is 2.71 bits per heavy atom. The quantitative estimate of drug-likeness (QED) is 0.758. The van der Waals surface area contributed by atoms with Gasteiger partial charge in [-0.3, -0.25) is 4.68 Å². The van der Waals surface area contributed by atoms with E-state index in [-0.39, 0.29) is 17.5 Å². The first-order valence-electron chi connectivity index (χ1n) is 5.33. The molecule has 1 aromatic carbocycles. The molecule has 90 valence electrons. The van der Waals surface area contributed by atoms with Gasteiger partial charge in [0.05, 0.1) is 17.9 Å². The average Bonchev–Trinajstić information content (AvgIpc) is 2.63. The third-order valence-corrected chi connectivity index (χ3v) is 2.57. The number of rotatable bonds is 3. The molecule has 0 saturated heterocycles. The first-order valence-corrected chi connectivity index (χ1v) is 5.33. The summed E-state index contributed by atoms with van der Waals surface area (Å²) in [4.78, 5) is 0. The number of aromatic hydroxyl groups is 2. The predicted octanol–water partition coefficient (Wildman–Crippen LogP) is 2.00. The van der Waals surface area contributed by atoms with E-state index < -0.39 is 0 Å². The lowest BCUT2D eigenvalue weighted by Gasteiger charge is -2.15. The lowest BCUT2D eigenvalue weighted by Crippen LogP contribution is -2.06. The van der Waals surface area contributed by atoms with Crippen molar-refractivity contribution in [1.82, 2.24) is 9.78 Å². The molecule has 0 amide bonds. The summed E-state index contributed by atoms with van der Waals surface area (Å²) in [5.74, 6) is 0.133. The standard InChI is InChI=1S/C12H15N3O2/c1-8(14-9-6-13-15(2)7-9)11-4-3-10(16)5-12(11)17/h3-8,14,16-17H,1-2H3. The molecule has 0 bridgehead atoms. The smallest absolute Gasteiger partial charge is 0.124 e. The van der Waals surface area contributed by atoms with E-state index in [2.05, 4.69) is 10.4 Å². The normalized spacial score (nSPS) is 12.4. The van der Waals surface area contributed by atoms with Crippen LogP contribution in [0.4, 0.5) is 5.69 Å². The van der Waals surface area contributed by atoms with Crippen LogP contribution in [0.3, 0.4) is 0 Å². The zero-order valence-corrected chi connectivity index (χ0v) is 9.75. The summed E-state index contributed by atoms with van der Waals surface area (Å²) in [6, 6.07) is 4.51. The maximum absolute atomic E-state index is 9.72. The predicted molar refractivity (Wildman–Crippen MR) is 65.0 cm³/mol. The van der Waals surface area contributed by atoms with Crippen LogP contribution in [-0.2, 0) is 7.05 Å². The van der Waals surface area contributed by atoms with Crippen molar-refractivity contribution < 1.29 is 10.2 Å². The SMILES string of the molecule is CC(Nc1cnn(C)c1)c1ccc(O)cc1O. The molecule has 0 radical (unpaired) electrons. The number of hydrogen-bond acceptors (Lipinski definition) is 4. The number of anilines is 1. The van der Waals surface area contributed by atoms with Crippen LogP contribution in [0.25, 0.3) is 0 Å². The van der Waals surface area contributed by atoms with E-state index in [0.717, 1.165) is 11.3 Å². The summed E-state index contributed by atoms with van der Waals surface area (Å²) in [6.07, 6.45) is 3.57. The van der Waals surface area contributed by atoms with Gasteiger partial charge in [-0.05, 0) is 19.1 Å². The lowest BCUT2D eigenvalue weighted by molar-refractivity contribution is 0.444. The molecule has 0 aliphatic heterocycles. The lowest BCUT2D eigenvalue weighted by atomic mass is 10.1. The number of benzene rings is 1. The van der Waals surface area contributed by atoms with Gasteiger partial charge in [0.1, 0.15) is 11.5 Å². The van der Waals surface area contributed by atoms with Crippen LogP contribution in [0.2, 0.25) is 0 Å². The molecule has 17 heavy (non-hydrogen) atoms. The summed E-state index contributed by atoms with van der Waals surface area (Å²) in [7, 11) is 1.84. The second-order valence-electron chi connectivity index (χ2n) is 4.01. The zero-order chi connectivity index (χ0) is 12.4. The molecule has 0 saturated carbocycles. The number of phenolic OH excluding ortho intramolecular Hbond substituents is 2. The fourth-order valence-corrected chi connectivity index (χ4v) is 1.72. The Hall–Kier alpha value is -2.17. The number of phenols is 2. The number of hydrogen-bond donors (Lipinski definition) is 3. The van der Waals surface area contributed by atoms with E-state index in [0.29, 0.717) is 0 Å². The maximum atomic E-state index is 9.72. The van der Waals surface area contributed by atoms with Gasteiger partial charge in [0, 0.05) is 24.9 Å². The van der Waals surface area contributed by atoms with Crippen LogP contribution in [0.1, 0.15) is 18.5 Å². The average molecular weight is 233 g/mol. The van der Waals surface area contributed by atoms with Crippen molar-refractivity contribution >= 4 is 5.69 Å². The molecule has 3 N–H and O–H groups in total. The summed E-state index contributed by atoms with van der Waals surface area (Å²) in [5.41, 5.74) is 1.61. The highest BCUT2D eigenvalue weighted by molar-refractivity contribution is 5.46. The van der Waals surface area contributed by atoms with Crippen LogP contribution in [0, 0.1) is 0 Å². The molecule has 0 aliphatic carbocycles. The largest absolute Gasteiger partial charge is 0.508 e. The van der Waals surface area contributed by atoms with Crippen molar-refractivity contribution in [3.8, 4) is 11.5 Å². The van der Waals surface area contributed by atoms with Gasteiger partial charge in [-0.15, -0.1) is 0 Å². The number of nitrogens with zero attached hydrogens (tertiary/aromatic N) is 2. The van der Waals surface area contributed by atoms with Crippen LogP contribution in [-0.4, -0.2) is 20.0 Å². The Morgan fingerprint density at radius 2 is 2.12 bits per heavy atom. The summed E-state index contributed by atoms with van der Waals surface area (Å²) in [6.45, 7) is 1.93. The molecular weight excluding hydrogens is 218 g/mol. The van der Waals surface area contributed by atoms with Gasteiger partial charge in [-0.2, -0.15) is 5.10 Å². The van der Waals surface area contributed by atoms with E-state index in [1.54, 1.807) is 23.0 Å². The first kappa shape index (κ1) is 11.3. The topological polar surface area (TPSA) is 70.3 Å². The van der Waals surface area contributed by atoms with Gasteiger partial charge >= 0.3 is 0 Å². The molecule has 2 rings (SSSR count). The van der Waals surface area contributed by atoms with Gasteiger partial charge in [-0.1, -0.05) is 0 Å². The third kappa shape index (κ3) is 2.50. The summed E-state index contributed by atoms with van der Waals surface area (Å²) >= 11 is 0. The van der Waals surface area contributed by atoms with Crippen LogP contribution in [0.5, 0.6) is 11.5 Å². The molecule has 1 heterocycles. The van der Waals surface area contributed by atoms with Gasteiger partial charge < -0.3 is 15.5 Å². The molecule has 0 spiro atoms. The molecule has 5 nitrogen and oxygen atoms in total. The Bertz CT molecular complexity index is 522. The fraction of sp³-hybridized carbons (Fsp3) is 0.250. The Balaban J connectivity index is 2.17. The second-order valence-corrected chi connectivity index (χ2v) is 4.01. The van der Waals surface area contributed by atoms with Gasteiger partial charge in [0.2, 0.25) is 0 Å². The van der Waals surface area contributed by atoms with Crippen molar-refractivity contribution in [3.63, 3.8) is 0 Å². The molecule has 2 aromatic rings. The van der Waals surface area contributed by atoms with E-state index in [4.69, 9.17) is 0 Å². The molecule has 1 unspecified atom stereocenters. The Morgan fingerprint density at radius 1 is 1.35 bits per heavy atom. The van der Waals surface area contributed by atoms with Crippen molar-refractivity contribution in [2.24, 2.45) is 7.05 Å². The van der Waals surface area contributed by atoms with Crippen molar-refractivity contribution in [3.05, 3.63) is 36.2 Å². The van der Waals surface area contributed by atoms with Crippen molar-refractivity contribution in [2.45, 2.75) is 13.0 Å². The second kappa shape index (κ2) is 4.37. The number of nitrogens with one attached hydrogen (secondary N) is 1. The third-order valence-electron chi connectivity index (χ3n) is 2.57. The van der Waals surface area contributed by atoms with Crippen LogP contribution >= 0.6 is 0 Å². The van der Waals surface area contributed by atoms with Crippen molar-refractivity contribution in [1.29, 1.82) is 0 Å². The first-order chi connectivity index (χ1) is 8.06. The molecule has 0 fully saturated rings. The Labute approximate surface area is 99.3 Å². The van der Waals surface area contributed by atoms with Crippen LogP contribution < -0.4 is 5.32 Å². The minimum atomic E-state index is -0.0696. The summed E-state index contributed by atoms with van der Waals surface area (Å²) in [5, 5.41) is 26.2. The molecule has 1 aromatic heterocycles.